The summed E-state index contributed by atoms with van der Waals surface area (Å²) in [5, 5.41) is 16.0. The van der Waals surface area contributed by atoms with Crippen molar-refractivity contribution in [2.45, 2.75) is 38.6 Å². The zero-order chi connectivity index (χ0) is 23.1. The van der Waals surface area contributed by atoms with Gasteiger partial charge in [0.15, 0.2) is 6.61 Å². The average molecular weight is 479 g/mol. The summed E-state index contributed by atoms with van der Waals surface area (Å²) in [5.41, 5.74) is 3.79. The topological polar surface area (TPSA) is 97.1 Å². The van der Waals surface area contributed by atoms with Gasteiger partial charge < -0.3 is 9.64 Å². The summed E-state index contributed by atoms with van der Waals surface area (Å²) in [6.45, 7) is 2.71. The number of non-ortho nitro benzene ring substituents is 1. The normalized spacial score (nSPS) is 16.2. The van der Waals surface area contributed by atoms with Crippen LogP contribution in [0.15, 0.2) is 41.5 Å². The minimum Gasteiger partial charge on any atom is -0.482 e. The maximum Gasteiger partial charge on any atom is 0.277 e. The van der Waals surface area contributed by atoms with E-state index in [1.165, 1.54) is 30.8 Å². The number of hydrogen-bond donors (Lipinski definition) is 1. The molecule has 0 aliphatic carbocycles. The zero-order valence-electron chi connectivity index (χ0n) is 17.6. The summed E-state index contributed by atoms with van der Waals surface area (Å²) in [6, 6.07) is 9.77. The monoisotopic (exact) mass is 478 g/mol. The highest BCUT2D eigenvalue weighted by Gasteiger charge is 2.24. The fourth-order valence-corrected chi connectivity index (χ4v) is 4.17. The van der Waals surface area contributed by atoms with E-state index in [2.05, 4.69) is 22.4 Å². The lowest BCUT2D eigenvalue weighted by molar-refractivity contribution is -0.384. The van der Waals surface area contributed by atoms with Crippen molar-refractivity contribution in [3.63, 3.8) is 0 Å². The molecule has 1 saturated heterocycles. The molecule has 10 heteroatoms. The average Bonchev–Trinajstić information content (AvgIpc) is 2.78. The summed E-state index contributed by atoms with van der Waals surface area (Å²) in [5.74, 6) is -0.171. The van der Waals surface area contributed by atoms with Crippen LogP contribution >= 0.6 is 23.2 Å². The third kappa shape index (κ3) is 6.11. The molecule has 3 rings (SSSR count). The Morgan fingerprint density at radius 1 is 1.31 bits per heavy atom. The number of nitro benzene ring substituents is 1. The van der Waals surface area contributed by atoms with Crippen molar-refractivity contribution in [2.75, 3.05) is 18.1 Å². The molecule has 0 bridgehead atoms. The van der Waals surface area contributed by atoms with Gasteiger partial charge in [0.05, 0.1) is 16.2 Å². The van der Waals surface area contributed by atoms with Crippen molar-refractivity contribution >= 4 is 46.7 Å². The molecule has 1 heterocycles. The molecule has 8 nitrogen and oxygen atoms in total. The number of hydrazone groups is 1. The first-order valence-electron chi connectivity index (χ1n) is 10.3. The molecule has 2 aromatic carbocycles. The largest absolute Gasteiger partial charge is 0.482 e. The third-order valence-corrected chi connectivity index (χ3v) is 5.81. The molecule has 0 radical (unpaired) electrons. The molecule has 0 aromatic heterocycles. The maximum absolute atomic E-state index is 12.1. The van der Waals surface area contributed by atoms with Gasteiger partial charge in [-0.3, -0.25) is 14.9 Å². The highest BCUT2D eigenvalue weighted by molar-refractivity contribution is 6.35. The van der Waals surface area contributed by atoms with Crippen LogP contribution in [-0.4, -0.2) is 36.2 Å². The molecule has 1 amide bonds. The number of ether oxygens (including phenoxy) is 1. The van der Waals surface area contributed by atoms with Gasteiger partial charge in [-0.2, -0.15) is 5.10 Å². The van der Waals surface area contributed by atoms with E-state index in [1.54, 1.807) is 18.2 Å². The van der Waals surface area contributed by atoms with Crippen LogP contribution in [0.3, 0.4) is 0 Å². The van der Waals surface area contributed by atoms with E-state index in [1.807, 2.05) is 0 Å². The van der Waals surface area contributed by atoms with Gasteiger partial charge in [-0.25, -0.2) is 5.43 Å². The van der Waals surface area contributed by atoms with Gasteiger partial charge >= 0.3 is 0 Å². The highest BCUT2D eigenvalue weighted by atomic mass is 35.5. The number of anilines is 1. The quantitative estimate of drug-likeness (QED) is 0.319. The molecular weight excluding hydrogens is 455 g/mol. The highest BCUT2D eigenvalue weighted by Crippen LogP contribution is 2.31. The molecule has 32 heavy (non-hydrogen) atoms. The standard InChI is InChI=1S/C22H24Cl2N4O4/c1-2-17-5-3-4-10-27(17)20-8-7-18(28(30)31)11-15(20)13-25-26-22(29)14-32-21-9-6-16(23)12-19(21)24/h6-9,11-13,17H,2-5,10,14H2,1H3,(H,26,29). The molecule has 0 saturated carbocycles. The van der Waals surface area contributed by atoms with Crippen LogP contribution in [0.1, 0.15) is 38.2 Å². The Balaban J connectivity index is 1.70. The van der Waals surface area contributed by atoms with Crippen molar-refractivity contribution in [2.24, 2.45) is 5.10 Å². The molecule has 1 unspecified atom stereocenters. The molecule has 0 spiro atoms. The molecule has 1 atom stereocenters. The minimum absolute atomic E-state index is 0.0349. The Morgan fingerprint density at radius 3 is 2.84 bits per heavy atom. The number of halogens is 2. The Labute approximate surface area is 196 Å². The SMILES string of the molecule is CCC1CCCCN1c1ccc([N+](=O)[O-])cc1C=NNC(=O)COc1ccc(Cl)cc1Cl. The van der Waals surface area contributed by atoms with Crippen molar-refractivity contribution in [3.8, 4) is 5.75 Å². The third-order valence-electron chi connectivity index (χ3n) is 5.28. The number of rotatable bonds is 8. The Hall–Kier alpha value is -2.84. The Bertz CT molecular complexity index is 1020. The van der Waals surface area contributed by atoms with Gasteiger partial charge in [0.2, 0.25) is 0 Å². The summed E-state index contributed by atoms with van der Waals surface area (Å²) >= 11 is 11.9. The van der Waals surface area contributed by atoms with Gasteiger partial charge in [-0.15, -0.1) is 0 Å². The van der Waals surface area contributed by atoms with Crippen molar-refractivity contribution in [1.82, 2.24) is 5.43 Å². The van der Waals surface area contributed by atoms with E-state index in [0.717, 1.165) is 31.5 Å². The van der Waals surface area contributed by atoms with E-state index in [-0.39, 0.29) is 12.3 Å². The van der Waals surface area contributed by atoms with Gasteiger partial charge in [-0.05, 0) is 49.9 Å². The predicted molar refractivity (Wildman–Crippen MR) is 126 cm³/mol. The van der Waals surface area contributed by atoms with Crippen LogP contribution in [0.2, 0.25) is 10.0 Å². The van der Waals surface area contributed by atoms with Crippen molar-refractivity contribution < 1.29 is 14.5 Å². The van der Waals surface area contributed by atoms with E-state index in [9.17, 15) is 14.9 Å². The summed E-state index contributed by atoms with van der Waals surface area (Å²) in [4.78, 5) is 25.2. The second kappa shape index (κ2) is 11.2. The number of amides is 1. The number of hydrogen-bond acceptors (Lipinski definition) is 6. The van der Waals surface area contributed by atoms with Gasteiger partial charge in [0.1, 0.15) is 5.75 Å². The maximum atomic E-state index is 12.1. The van der Waals surface area contributed by atoms with Gasteiger partial charge in [0, 0.05) is 41.0 Å². The van der Waals surface area contributed by atoms with E-state index in [0.29, 0.717) is 27.4 Å². The van der Waals surface area contributed by atoms with Crippen LogP contribution in [0.4, 0.5) is 11.4 Å². The van der Waals surface area contributed by atoms with Crippen molar-refractivity contribution in [3.05, 3.63) is 62.1 Å². The van der Waals surface area contributed by atoms with Crippen LogP contribution in [0, 0.1) is 10.1 Å². The zero-order valence-corrected chi connectivity index (χ0v) is 19.1. The van der Waals surface area contributed by atoms with E-state index in [4.69, 9.17) is 27.9 Å². The second-order valence-corrected chi connectivity index (χ2v) is 8.25. The molecule has 1 aliphatic heterocycles. The molecular formula is C22H24Cl2N4O4. The number of benzene rings is 2. The van der Waals surface area contributed by atoms with Crippen LogP contribution < -0.4 is 15.1 Å². The Kier molecular flexibility index (Phi) is 8.30. The van der Waals surface area contributed by atoms with Crippen LogP contribution in [0.5, 0.6) is 5.75 Å². The number of nitro groups is 1. The minimum atomic E-state index is -0.497. The summed E-state index contributed by atoms with van der Waals surface area (Å²) in [7, 11) is 0. The van der Waals surface area contributed by atoms with E-state index < -0.39 is 10.8 Å². The van der Waals surface area contributed by atoms with Gasteiger partial charge in [-0.1, -0.05) is 30.1 Å². The number of piperidine rings is 1. The summed E-state index contributed by atoms with van der Waals surface area (Å²) < 4.78 is 5.38. The lowest BCUT2D eigenvalue weighted by Gasteiger charge is -2.38. The second-order valence-electron chi connectivity index (χ2n) is 7.41. The summed E-state index contributed by atoms with van der Waals surface area (Å²) in [6.07, 6.45) is 5.71. The molecule has 1 N–H and O–H groups in total. The fourth-order valence-electron chi connectivity index (χ4n) is 3.70. The number of nitrogens with one attached hydrogen (secondary N) is 1. The smallest absolute Gasteiger partial charge is 0.277 e. The number of nitrogens with zero attached hydrogens (tertiary/aromatic N) is 3. The predicted octanol–water partition coefficient (Wildman–Crippen LogP) is 5.20. The molecule has 1 aliphatic rings. The van der Waals surface area contributed by atoms with Crippen LogP contribution in [-0.2, 0) is 4.79 Å². The Morgan fingerprint density at radius 2 is 2.12 bits per heavy atom. The first kappa shape index (κ1) is 23.8. The molecule has 2 aromatic rings. The van der Waals surface area contributed by atoms with Gasteiger partial charge in [0.25, 0.3) is 11.6 Å². The lowest BCUT2D eigenvalue weighted by atomic mass is 9.98. The number of carbonyl (C=O) groups excluding carboxylic acids is 1. The molecule has 1 fully saturated rings. The van der Waals surface area contributed by atoms with Crippen molar-refractivity contribution in [1.29, 1.82) is 0 Å². The van der Waals surface area contributed by atoms with E-state index >= 15 is 0 Å². The first-order valence-corrected chi connectivity index (χ1v) is 11.1. The fraction of sp³-hybridized carbons (Fsp3) is 0.364. The number of carbonyl (C=O) groups is 1. The molecule has 170 valence electrons. The lowest BCUT2D eigenvalue weighted by Crippen LogP contribution is -2.39. The van der Waals surface area contributed by atoms with Crippen LogP contribution in [0.25, 0.3) is 0 Å². The first-order chi connectivity index (χ1) is 15.4.